The molecule has 3 heterocycles. The summed E-state index contributed by atoms with van der Waals surface area (Å²) in [7, 11) is 0. The fourth-order valence-electron chi connectivity index (χ4n) is 8.87. The second-order valence-electron chi connectivity index (χ2n) is 14.2. The summed E-state index contributed by atoms with van der Waals surface area (Å²) in [6, 6.07) is 57.8. The molecule has 256 valence electrons. The average Bonchev–Trinajstić information content (AvgIpc) is 3.92. The Bertz CT molecular complexity index is 3600. The first kappa shape index (κ1) is 30.4. The highest BCUT2D eigenvalue weighted by Crippen LogP contribution is 2.44. The first-order valence-electron chi connectivity index (χ1n) is 18.4. The number of aliphatic imine (C=N–C) groups is 1. The second-order valence-corrected chi connectivity index (χ2v) is 15.3. The molecule has 0 aliphatic heterocycles. The van der Waals surface area contributed by atoms with Gasteiger partial charge in [-0.05, 0) is 80.2 Å². The van der Waals surface area contributed by atoms with Crippen LogP contribution in [0.25, 0.3) is 96.0 Å². The standard InChI is InChI=1S/C50H29N3OS/c51-48(30-22-26-44-39(27-30)35-16-8-10-20-43(35)55-44)50-49(38-18-7-9-19-42(38)54-50)52-28-53-40-24-21-29-11-1-2-12-31(29)46(40)47-41(53)25-23-37-34-15-4-3-13-32(34)33-14-5-6-17-36(33)45(37)47/h1-28,51H. The molecule has 9 aromatic carbocycles. The van der Waals surface area contributed by atoms with E-state index in [-0.39, 0.29) is 0 Å². The SMILES string of the molecule is N=C(c1ccc2sc3ccccc3c2c1)c1oc2ccccc2c1N=Cn1c2ccc3ccccc3c2c2c3c4ccccc4c4ccccc4c3ccc21. The fourth-order valence-corrected chi connectivity index (χ4v) is 9.96. The molecule has 0 fully saturated rings. The van der Waals surface area contributed by atoms with E-state index in [2.05, 4.69) is 138 Å². The van der Waals surface area contributed by atoms with Crippen LogP contribution < -0.4 is 0 Å². The van der Waals surface area contributed by atoms with Crippen molar-refractivity contribution >= 4 is 125 Å². The number of fused-ring (bicyclic) bond motifs is 16. The van der Waals surface area contributed by atoms with Gasteiger partial charge in [-0.2, -0.15) is 0 Å². The van der Waals surface area contributed by atoms with E-state index in [9.17, 15) is 5.41 Å². The van der Waals surface area contributed by atoms with Gasteiger partial charge in [-0.15, -0.1) is 11.3 Å². The van der Waals surface area contributed by atoms with Gasteiger partial charge in [0.15, 0.2) is 5.76 Å². The number of para-hydroxylation sites is 1. The van der Waals surface area contributed by atoms with Crippen LogP contribution in [0.4, 0.5) is 5.69 Å². The molecule has 0 aliphatic rings. The van der Waals surface area contributed by atoms with Crippen LogP contribution in [0, 0.1) is 5.41 Å². The van der Waals surface area contributed by atoms with Crippen LogP contribution in [-0.4, -0.2) is 16.6 Å². The monoisotopic (exact) mass is 719 g/mol. The number of benzene rings is 9. The molecule has 4 nitrogen and oxygen atoms in total. The zero-order chi connectivity index (χ0) is 36.2. The normalized spacial score (nSPS) is 12.4. The van der Waals surface area contributed by atoms with Crippen molar-refractivity contribution in [3.63, 3.8) is 0 Å². The Morgan fingerprint density at radius 1 is 0.509 bits per heavy atom. The lowest BCUT2D eigenvalue weighted by molar-refractivity contribution is 0.605. The number of thiophene rings is 1. The number of aromatic nitrogens is 1. The Balaban J connectivity index is 1.13. The van der Waals surface area contributed by atoms with Gasteiger partial charge in [-0.25, -0.2) is 4.99 Å². The van der Waals surface area contributed by atoms with E-state index in [4.69, 9.17) is 9.41 Å². The molecule has 0 aliphatic carbocycles. The van der Waals surface area contributed by atoms with Crippen molar-refractivity contribution < 1.29 is 4.42 Å². The molecular weight excluding hydrogens is 691 g/mol. The average molecular weight is 720 g/mol. The molecule has 0 bridgehead atoms. The third-order valence-corrected chi connectivity index (χ3v) is 12.5. The quantitative estimate of drug-likeness (QED) is 0.110. The maximum atomic E-state index is 9.55. The van der Waals surface area contributed by atoms with Gasteiger partial charge in [0.25, 0.3) is 0 Å². The van der Waals surface area contributed by atoms with E-state index in [1.165, 1.54) is 68.6 Å². The molecular formula is C50H29N3OS. The summed E-state index contributed by atoms with van der Waals surface area (Å²) in [5, 5.41) is 25.0. The van der Waals surface area contributed by atoms with Gasteiger partial charge >= 0.3 is 0 Å². The summed E-state index contributed by atoms with van der Waals surface area (Å²) in [5.41, 5.74) is 4.58. The highest BCUT2D eigenvalue weighted by Gasteiger charge is 2.22. The molecule has 0 saturated heterocycles. The number of hydrogen-bond donors (Lipinski definition) is 1. The molecule has 1 N–H and O–H groups in total. The van der Waals surface area contributed by atoms with Gasteiger partial charge in [0.1, 0.15) is 23.3 Å². The third kappa shape index (κ3) is 4.33. The summed E-state index contributed by atoms with van der Waals surface area (Å²) in [6.45, 7) is 0. The molecule has 0 radical (unpaired) electrons. The molecule has 0 unspecified atom stereocenters. The van der Waals surface area contributed by atoms with Gasteiger partial charge < -0.3 is 4.42 Å². The van der Waals surface area contributed by atoms with Crippen molar-refractivity contribution in [3.05, 3.63) is 175 Å². The minimum absolute atomic E-state index is 0.304. The molecule has 0 amide bonds. The van der Waals surface area contributed by atoms with Crippen molar-refractivity contribution in [1.29, 1.82) is 5.41 Å². The van der Waals surface area contributed by atoms with Gasteiger partial charge in [-0.1, -0.05) is 121 Å². The third-order valence-electron chi connectivity index (χ3n) is 11.3. The van der Waals surface area contributed by atoms with E-state index in [0.717, 1.165) is 27.4 Å². The number of rotatable bonds is 4. The van der Waals surface area contributed by atoms with E-state index >= 15 is 0 Å². The minimum Gasteiger partial charge on any atom is -0.452 e. The van der Waals surface area contributed by atoms with Crippen LogP contribution in [0.2, 0.25) is 0 Å². The van der Waals surface area contributed by atoms with Crippen LogP contribution in [0.1, 0.15) is 11.3 Å². The molecule has 0 spiro atoms. The van der Waals surface area contributed by atoms with Gasteiger partial charge in [0.05, 0.1) is 11.0 Å². The predicted molar refractivity (Wildman–Crippen MR) is 234 cm³/mol. The Hall–Kier alpha value is -7.08. The molecule has 12 rings (SSSR count). The first-order valence-corrected chi connectivity index (χ1v) is 19.3. The zero-order valence-corrected chi connectivity index (χ0v) is 30.2. The first-order chi connectivity index (χ1) is 27.2. The Morgan fingerprint density at radius 3 is 1.93 bits per heavy atom. The maximum Gasteiger partial charge on any atom is 0.179 e. The van der Waals surface area contributed by atoms with Crippen molar-refractivity contribution in [2.75, 3.05) is 0 Å². The number of hydrogen-bond acceptors (Lipinski definition) is 4. The highest BCUT2D eigenvalue weighted by molar-refractivity contribution is 7.25. The summed E-state index contributed by atoms with van der Waals surface area (Å²) < 4.78 is 11.2. The Kier molecular flexibility index (Phi) is 6.33. The van der Waals surface area contributed by atoms with Crippen LogP contribution in [-0.2, 0) is 0 Å². The molecule has 55 heavy (non-hydrogen) atoms. The Morgan fingerprint density at radius 2 is 1.11 bits per heavy atom. The molecule has 12 aromatic rings. The molecule has 0 atom stereocenters. The van der Waals surface area contributed by atoms with Crippen molar-refractivity contribution in [2.45, 2.75) is 0 Å². The summed E-state index contributed by atoms with van der Waals surface area (Å²) in [6.07, 6.45) is 1.93. The predicted octanol–water partition coefficient (Wildman–Crippen LogP) is 14.1. The van der Waals surface area contributed by atoms with Crippen LogP contribution in [0.15, 0.2) is 173 Å². The number of nitrogens with one attached hydrogen (secondary N) is 1. The summed E-state index contributed by atoms with van der Waals surface area (Å²) >= 11 is 1.77. The second kappa shape index (κ2) is 11.5. The maximum absolute atomic E-state index is 9.55. The lowest BCUT2D eigenvalue weighted by Gasteiger charge is -2.12. The van der Waals surface area contributed by atoms with Gasteiger partial charge in [0, 0.05) is 47.3 Å². The van der Waals surface area contributed by atoms with Crippen LogP contribution in [0.5, 0.6) is 0 Å². The van der Waals surface area contributed by atoms with Crippen LogP contribution in [0.3, 0.4) is 0 Å². The smallest absolute Gasteiger partial charge is 0.179 e. The summed E-state index contributed by atoms with van der Waals surface area (Å²) in [4.78, 5) is 5.26. The summed E-state index contributed by atoms with van der Waals surface area (Å²) in [5.74, 6) is 0.450. The highest BCUT2D eigenvalue weighted by atomic mass is 32.1. The van der Waals surface area contributed by atoms with Crippen molar-refractivity contribution in [1.82, 2.24) is 4.57 Å². The van der Waals surface area contributed by atoms with Gasteiger partial charge in [-0.3, -0.25) is 9.98 Å². The van der Waals surface area contributed by atoms with E-state index < -0.39 is 0 Å². The Labute approximate surface area is 318 Å². The number of nitrogens with zero attached hydrogens (tertiary/aromatic N) is 2. The molecule has 0 saturated carbocycles. The van der Waals surface area contributed by atoms with Crippen molar-refractivity contribution in [2.24, 2.45) is 4.99 Å². The van der Waals surface area contributed by atoms with E-state index in [1.807, 2.05) is 36.7 Å². The lowest BCUT2D eigenvalue weighted by atomic mass is 9.91. The molecule has 3 aromatic heterocycles. The minimum atomic E-state index is 0.304. The van der Waals surface area contributed by atoms with E-state index in [1.54, 1.807) is 11.3 Å². The van der Waals surface area contributed by atoms with Crippen LogP contribution >= 0.6 is 11.3 Å². The number of furan rings is 1. The van der Waals surface area contributed by atoms with E-state index in [0.29, 0.717) is 22.7 Å². The largest absolute Gasteiger partial charge is 0.452 e. The topological polar surface area (TPSA) is 54.3 Å². The zero-order valence-electron chi connectivity index (χ0n) is 29.4. The lowest BCUT2D eigenvalue weighted by Crippen LogP contribution is -2.00. The molecule has 5 heteroatoms. The van der Waals surface area contributed by atoms with Gasteiger partial charge in [0.2, 0.25) is 0 Å². The fraction of sp³-hybridized carbons (Fsp3) is 0. The van der Waals surface area contributed by atoms with Crippen molar-refractivity contribution in [3.8, 4) is 0 Å².